The number of nitrogens with two attached hydrogens (primary N) is 1. The summed E-state index contributed by atoms with van der Waals surface area (Å²) in [5, 5.41) is 3.82. The van der Waals surface area contributed by atoms with E-state index in [9.17, 15) is 4.79 Å². The van der Waals surface area contributed by atoms with Crippen LogP contribution in [-0.2, 0) is 11.3 Å². The molecule has 17 heavy (non-hydrogen) atoms. The molecule has 0 aliphatic carbocycles. The molecular formula is C13H16N2O2. The maximum atomic E-state index is 11.4. The van der Waals surface area contributed by atoms with Crippen LogP contribution in [0.2, 0.25) is 0 Å². The van der Waals surface area contributed by atoms with Crippen LogP contribution in [0.1, 0.15) is 18.2 Å². The summed E-state index contributed by atoms with van der Waals surface area (Å²) in [5.74, 6) is 0.602. The van der Waals surface area contributed by atoms with Crippen LogP contribution in [0.3, 0.4) is 0 Å². The van der Waals surface area contributed by atoms with Gasteiger partial charge < -0.3 is 15.5 Å². The first-order valence-corrected chi connectivity index (χ1v) is 5.60. The second kappa shape index (κ2) is 4.59. The molecule has 0 saturated carbocycles. The topological polar surface area (TPSA) is 68.3 Å². The molecule has 0 fully saturated rings. The average molecular weight is 232 g/mol. The molecule has 0 aliphatic rings. The molecule has 2 rings (SSSR count). The maximum Gasteiger partial charge on any atom is 0.237 e. The molecule has 1 amide bonds. The zero-order valence-electron chi connectivity index (χ0n) is 9.99. The van der Waals surface area contributed by atoms with E-state index in [1.807, 2.05) is 31.2 Å². The number of benzene rings is 1. The molecule has 0 aliphatic heterocycles. The summed E-state index contributed by atoms with van der Waals surface area (Å²) in [5.41, 5.74) is 7.37. The summed E-state index contributed by atoms with van der Waals surface area (Å²) >= 11 is 0. The van der Waals surface area contributed by atoms with Crippen LogP contribution in [0, 0.1) is 6.92 Å². The highest BCUT2D eigenvalue weighted by Gasteiger charge is 2.12. The van der Waals surface area contributed by atoms with Crippen molar-refractivity contribution < 1.29 is 9.21 Å². The SMILES string of the molecule is Cc1c(CNC(=O)[C@@H](C)N)oc2ccccc12. The number of para-hydroxylation sites is 1. The van der Waals surface area contributed by atoms with Crippen LogP contribution in [0.15, 0.2) is 28.7 Å². The lowest BCUT2D eigenvalue weighted by Crippen LogP contribution is -2.37. The van der Waals surface area contributed by atoms with E-state index in [2.05, 4.69) is 5.32 Å². The summed E-state index contributed by atoms with van der Waals surface area (Å²) < 4.78 is 5.67. The zero-order valence-corrected chi connectivity index (χ0v) is 9.99. The van der Waals surface area contributed by atoms with Crippen LogP contribution < -0.4 is 11.1 Å². The summed E-state index contributed by atoms with van der Waals surface area (Å²) in [7, 11) is 0. The van der Waals surface area contributed by atoms with Gasteiger partial charge in [0.05, 0.1) is 12.6 Å². The second-order valence-electron chi connectivity index (χ2n) is 4.15. The lowest BCUT2D eigenvalue weighted by molar-refractivity contribution is -0.122. The van der Waals surface area contributed by atoms with Crippen molar-refractivity contribution in [2.45, 2.75) is 26.4 Å². The number of amides is 1. The molecule has 4 nitrogen and oxygen atoms in total. The number of carbonyl (C=O) groups is 1. The molecule has 0 radical (unpaired) electrons. The smallest absolute Gasteiger partial charge is 0.237 e. The van der Waals surface area contributed by atoms with Gasteiger partial charge in [-0.15, -0.1) is 0 Å². The third kappa shape index (κ3) is 2.31. The quantitative estimate of drug-likeness (QED) is 0.846. The van der Waals surface area contributed by atoms with E-state index in [1.165, 1.54) is 0 Å². The minimum atomic E-state index is -0.500. The number of fused-ring (bicyclic) bond motifs is 1. The number of aryl methyl sites for hydroxylation is 1. The minimum Gasteiger partial charge on any atom is -0.459 e. The minimum absolute atomic E-state index is 0.176. The van der Waals surface area contributed by atoms with Gasteiger partial charge in [-0.3, -0.25) is 4.79 Å². The number of hydrogen-bond acceptors (Lipinski definition) is 3. The molecular weight excluding hydrogens is 216 g/mol. The lowest BCUT2D eigenvalue weighted by Gasteiger charge is -2.06. The number of nitrogens with one attached hydrogen (secondary N) is 1. The average Bonchev–Trinajstić information content (AvgIpc) is 2.64. The summed E-state index contributed by atoms with van der Waals surface area (Å²) in [6.07, 6.45) is 0. The van der Waals surface area contributed by atoms with E-state index >= 15 is 0 Å². The molecule has 1 aromatic carbocycles. The van der Waals surface area contributed by atoms with Crippen LogP contribution in [0.5, 0.6) is 0 Å². The number of carbonyl (C=O) groups excluding carboxylic acids is 1. The largest absolute Gasteiger partial charge is 0.459 e. The monoisotopic (exact) mass is 232 g/mol. The Hall–Kier alpha value is -1.81. The highest BCUT2D eigenvalue weighted by atomic mass is 16.3. The van der Waals surface area contributed by atoms with Crippen molar-refractivity contribution in [3.63, 3.8) is 0 Å². The first kappa shape index (κ1) is 11.7. The Bertz CT molecular complexity index is 543. The first-order valence-electron chi connectivity index (χ1n) is 5.60. The maximum absolute atomic E-state index is 11.4. The van der Waals surface area contributed by atoms with E-state index in [4.69, 9.17) is 10.2 Å². The predicted molar refractivity (Wildman–Crippen MR) is 66.4 cm³/mol. The number of rotatable bonds is 3. The van der Waals surface area contributed by atoms with Crippen molar-refractivity contribution in [3.05, 3.63) is 35.6 Å². The van der Waals surface area contributed by atoms with Crippen molar-refractivity contribution in [3.8, 4) is 0 Å². The third-order valence-corrected chi connectivity index (χ3v) is 2.78. The Labute approximate surface area is 99.8 Å². The molecule has 90 valence electrons. The highest BCUT2D eigenvalue weighted by molar-refractivity contribution is 5.83. The van der Waals surface area contributed by atoms with E-state index in [0.717, 1.165) is 22.3 Å². The van der Waals surface area contributed by atoms with E-state index in [0.29, 0.717) is 6.54 Å². The second-order valence-corrected chi connectivity index (χ2v) is 4.15. The fourth-order valence-corrected chi connectivity index (χ4v) is 1.72. The molecule has 4 heteroatoms. The number of furan rings is 1. The lowest BCUT2D eigenvalue weighted by atomic mass is 10.1. The molecule has 1 heterocycles. The van der Waals surface area contributed by atoms with Gasteiger partial charge in [-0.05, 0) is 19.9 Å². The van der Waals surface area contributed by atoms with Gasteiger partial charge in [0.1, 0.15) is 11.3 Å². The first-order chi connectivity index (χ1) is 8.09. The van der Waals surface area contributed by atoms with Gasteiger partial charge in [0.15, 0.2) is 0 Å². The summed E-state index contributed by atoms with van der Waals surface area (Å²) in [4.78, 5) is 11.4. The molecule has 2 aromatic rings. The predicted octanol–water partition coefficient (Wildman–Crippen LogP) is 1.70. The molecule has 0 spiro atoms. The van der Waals surface area contributed by atoms with Crippen LogP contribution in [0.4, 0.5) is 0 Å². The molecule has 3 N–H and O–H groups in total. The summed E-state index contributed by atoms with van der Waals surface area (Å²) in [6.45, 7) is 4.01. The van der Waals surface area contributed by atoms with E-state index in [-0.39, 0.29) is 5.91 Å². The van der Waals surface area contributed by atoms with Crippen LogP contribution >= 0.6 is 0 Å². The zero-order chi connectivity index (χ0) is 12.4. The van der Waals surface area contributed by atoms with Crippen molar-refractivity contribution in [2.24, 2.45) is 5.73 Å². The normalized spacial score (nSPS) is 12.6. The van der Waals surface area contributed by atoms with Gasteiger partial charge in [-0.1, -0.05) is 18.2 Å². The molecule has 0 bridgehead atoms. The van der Waals surface area contributed by atoms with Gasteiger partial charge in [0.2, 0.25) is 5.91 Å². The third-order valence-electron chi connectivity index (χ3n) is 2.78. The Morgan fingerprint density at radius 1 is 1.47 bits per heavy atom. The Morgan fingerprint density at radius 2 is 2.18 bits per heavy atom. The van der Waals surface area contributed by atoms with Gasteiger partial charge in [-0.25, -0.2) is 0 Å². The Morgan fingerprint density at radius 3 is 2.82 bits per heavy atom. The van der Waals surface area contributed by atoms with Crippen LogP contribution in [0.25, 0.3) is 11.0 Å². The summed E-state index contributed by atoms with van der Waals surface area (Å²) in [6, 6.07) is 7.31. The van der Waals surface area contributed by atoms with E-state index in [1.54, 1.807) is 6.92 Å². The van der Waals surface area contributed by atoms with Crippen LogP contribution in [-0.4, -0.2) is 11.9 Å². The Balaban J connectivity index is 2.19. The van der Waals surface area contributed by atoms with Gasteiger partial charge in [-0.2, -0.15) is 0 Å². The fraction of sp³-hybridized carbons (Fsp3) is 0.308. The van der Waals surface area contributed by atoms with Gasteiger partial charge in [0, 0.05) is 10.9 Å². The Kier molecular flexibility index (Phi) is 3.15. The van der Waals surface area contributed by atoms with Gasteiger partial charge in [0.25, 0.3) is 0 Å². The van der Waals surface area contributed by atoms with E-state index < -0.39 is 6.04 Å². The van der Waals surface area contributed by atoms with Gasteiger partial charge >= 0.3 is 0 Å². The van der Waals surface area contributed by atoms with Crippen molar-refractivity contribution in [2.75, 3.05) is 0 Å². The molecule has 1 aromatic heterocycles. The molecule has 0 unspecified atom stereocenters. The molecule has 0 saturated heterocycles. The highest BCUT2D eigenvalue weighted by Crippen LogP contribution is 2.24. The number of hydrogen-bond donors (Lipinski definition) is 2. The fourth-order valence-electron chi connectivity index (χ4n) is 1.72. The molecule has 1 atom stereocenters. The van der Waals surface area contributed by atoms with Crippen molar-refractivity contribution in [1.82, 2.24) is 5.32 Å². The van der Waals surface area contributed by atoms with Crippen molar-refractivity contribution in [1.29, 1.82) is 0 Å². The standard InChI is InChI=1S/C13H16N2O2/c1-8-10-5-3-4-6-11(10)17-12(8)7-15-13(16)9(2)14/h3-6,9H,7,14H2,1-2H3,(H,15,16)/t9-/m1/s1. The van der Waals surface area contributed by atoms with Crippen molar-refractivity contribution >= 4 is 16.9 Å².